The van der Waals surface area contributed by atoms with Gasteiger partial charge in [-0.15, -0.1) is 0 Å². The monoisotopic (exact) mass is 227 g/mol. The SMILES string of the molecule is O=C(O)C(F)(F)CC1CCc2cccnc21. The molecule has 0 bridgehead atoms. The Labute approximate surface area is 91.1 Å². The van der Waals surface area contributed by atoms with Gasteiger partial charge in [0, 0.05) is 24.2 Å². The fourth-order valence-corrected chi connectivity index (χ4v) is 2.09. The van der Waals surface area contributed by atoms with E-state index in [1.165, 1.54) is 0 Å². The van der Waals surface area contributed by atoms with E-state index in [1.54, 1.807) is 12.3 Å². The van der Waals surface area contributed by atoms with Crippen LogP contribution in [0.2, 0.25) is 0 Å². The number of halogens is 2. The van der Waals surface area contributed by atoms with Crippen LogP contribution in [0.4, 0.5) is 8.78 Å². The Hall–Kier alpha value is -1.52. The molecule has 0 aromatic carbocycles. The third kappa shape index (κ3) is 1.89. The molecule has 5 heteroatoms. The summed E-state index contributed by atoms with van der Waals surface area (Å²) in [5, 5.41) is 8.38. The molecule has 3 nitrogen and oxygen atoms in total. The normalized spacial score (nSPS) is 19.5. The van der Waals surface area contributed by atoms with Gasteiger partial charge in [-0.2, -0.15) is 8.78 Å². The molecule has 1 aliphatic carbocycles. The van der Waals surface area contributed by atoms with Gasteiger partial charge >= 0.3 is 11.9 Å². The fourth-order valence-electron chi connectivity index (χ4n) is 2.09. The minimum absolute atomic E-state index is 0.442. The van der Waals surface area contributed by atoms with Gasteiger partial charge in [-0.1, -0.05) is 6.07 Å². The Morgan fingerprint density at radius 1 is 1.62 bits per heavy atom. The maximum Gasteiger partial charge on any atom is 0.374 e. The highest BCUT2D eigenvalue weighted by Crippen LogP contribution is 2.38. The molecule has 2 rings (SSSR count). The lowest BCUT2D eigenvalue weighted by Crippen LogP contribution is -2.30. The zero-order valence-corrected chi connectivity index (χ0v) is 8.49. The predicted octanol–water partition coefficient (Wildman–Crippen LogP) is 2.22. The molecule has 0 radical (unpaired) electrons. The van der Waals surface area contributed by atoms with Crippen molar-refractivity contribution in [1.29, 1.82) is 0 Å². The molecular weight excluding hydrogens is 216 g/mol. The van der Waals surface area contributed by atoms with Gasteiger partial charge in [-0.05, 0) is 24.5 Å². The summed E-state index contributed by atoms with van der Waals surface area (Å²) in [4.78, 5) is 14.4. The van der Waals surface area contributed by atoms with Crippen molar-refractivity contribution in [2.75, 3.05) is 0 Å². The van der Waals surface area contributed by atoms with Crippen molar-refractivity contribution in [3.8, 4) is 0 Å². The first kappa shape index (κ1) is 11.0. The minimum atomic E-state index is -3.66. The van der Waals surface area contributed by atoms with Crippen LogP contribution in [0, 0.1) is 0 Å². The highest BCUT2D eigenvalue weighted by molar-refractivity contribution is 5.75. The van der Waals surface area contributed by atoms with E-state index in [9.17, 15) is 13.6 Å². The van der Waals surface area contributed by atoms with E-state index >= 15 is 0 Å². The molecule has 0 fully saturated rings. The van der Waals surface area contributed by atoms with Crippen LogP contribution in [-0.2, 0) is 11.2 Å². The van der Waals surface area contributed by atoms with Crippen molar-refractivity contribution in [3.05, 3.63) is 29.6 Å². The van der Waals surface area contributed by atoms with Crippen LogP contribution in [0.1, 0.15) is 30.0 Å². The van der Waals surface area contributed by atoms with Gasteiger partial charge in [0.25, 0.3) is 0 Å². The number of hydrogen-bond acceptors (Lipinski definition) is 2. The number of aromatic nitrogens is 1. The number of hydrogen-bond donors (Lipinski definition) is 1. The highest BCUT2D eigenvalue weighted by Gasteiger charge is 2.43. The largest absolute Gasteiger partial charge is 0.477 e. The highest BCUT2D eigenvalue weighted by atomic mass is 19.3. The van der Waals surface area contributed by atoms with Crippen LogP contribution in [0.5, 0.6) is 0 Å². The standard InChI is InChI=1S/C11H11F2NO2/c12-11(13,10(15)16)6-8-4-3-7-2-1-5-14-9(7)8/h1-2,5,8H,3-4,6H2,(H,15,16). The smallest absolute Gasteiger partial charge is 0.374 e. The Morgan fingerprint density at radius 2 is 2.38 bits per heavy atom. The van der Waals surface area contributed by atoms with Gasteiger partial charge in [0.15, 0.2) is 0 Å². The van der Waals surface area contributed by atoms with E-state index in [0.717, 1.165) is 5.56 Å². The van der Waals surface area contributed by atoms with E-state index in [0.29, 0.717) is 18.5 Å². The van der Waals surface area contributed by atoms with Crippen molar-refractivity contribution >= 4 is 5.97 Å². The molecule has 1 atom stereocenters. The maximum absolute atomic E-state index is 13.1. The Balaban J connectivity index is 2.18. The lowest BCUT2D eigenvalue weighted by molar-refractivity contribution is -0.166. The maximum atomic E-state index is 13.1. The first-order chi connectivity index (χ1) is 7.50. The molecule has 16 heavy (non-hydrogen) atoms. The molecule has 1 N–H and O–H groups in total. The number of pyridine rings is 1. The fraction of sp³-hybridized carbons (Fsp3) is 0.455. The molecule has 0 saturated carbocycles. The summed E-state index contributed by atoms with van der Waals surface area (Å²) in [6.45, 7) is 0. The van der Waals surface area contributed by atoms with Gasteiger partial charge < -0.3 is 5.11 Å². The Morgan fingerprint density at radius 3 is 3.06 bits per heavy atom. The van der Waals surface area contributed by atoms with Crippen molar-refractivity contribution in [2.45, 2.75) is 31.1 Å². The molecule has 1 unspecified atom stereocenters. The molecule has 1 aromatic rings. The zero-order valence-electron chi connectivity index (χ0n) is 8.49. The van der Waals surface area contributed by atoms with Crippen LogP contribution in [0.3, 0.4) is 0 Å². The van der Waals surface area contributed by atoms with Crippen molar-refractivity contribution in [1.82, 2.24) is 4.98 Å². The van der Waals surface area contributed by atoms with Gasteiger partial charge in [-0.3, -0.25) is 4.98 Å². The summed E-state index contributed by atoms with van der Waals surface area (Å²) in [6.07, 6.45) is 2.14. The average molecular weight is 227 g/mol. The summed E-state index contributed by atoms with van der Waals surface area (Å²) >= 11 is 0. The number of aliphatic carboxylic acids is 1. The van der Waals surface area contributed by atoms with E-state index in [4.69, 9.17) is 5.11 Å². The van der Waals surface area contributed by atoms with Crippen LogP contribution < -0.4 is 0 Å². The summed E-state index contributed by atoms with van der Waals surface area (Å²) < 4.78 is 26.1. The second-order valence-electron chi connectivity index (χ2n) is 4.00. The molecule has 0 amide bonds. The number of nitrogens with zero attached hydrogens (tertiary/aromatic N) is 1. The number of aryl methyl sites for hydroxylation is 1. The first-order valence-corrected chi connectivity index (χ1v) is 5.06. The molecule has 1 aromatic heterocycles. The van der Waals surface area contributed by atoms with E-state index in [2.05, 4.69) is 4.98 Å². The molecule has 86 valence electrons. The second-order valence-corrected chi connectivity index (χ2v) is 4.00. The Bertz CT molecular complexity index is 420. The molecule has 1 heterocycles. The van der Waals surface area contributed by atoms with E-state index in [-0.39, 0.29) is 0 Å². The number of alkyl halides is 2. The van der Waals surface area contributed by atoms with E-state index in [1.807, 2.05) is 6.07 Å². The molecule has 0 aliphatic heterocycles. The van der Waals surface area contributed by atoms with Crippen molar-refractivity contribution in [2.24, 2.45) is 0 Å². The predicted molar refractivity (Wildman–Crippen MR) is 52.5 cm³/mol. The lowest BCUT2D eigenvalue weighted by atomic mass is 9.98. The van der Waals surface area contributed by atoms with Crippen LogP contribution in [0.25, 0.3) is 0 Å². The van der Waals surface area contributed by atoms with Crippen LogP contribution in [0.15, 0.2) is 18.3 Å². The van der Waals surface area contributed by atoms with Gasteiger partial charge in [0.1, 0.15) is 0 Å². The van der Waals surface area contributed by atoms with E-state index < -0.39 is 24.2 Å². The summed E-state index contributed by atoms with van der Waals surface area (Å²) in [7, 11) is 0. The molecule has 0 spiro atoms. The topological polar surface area (TPSA) is 50.2 Å². The molecular formula is C11H11F2NO2. The van der Waals surface area contributed by atoms with Crippen molar-refractivity contribution in [3.63, 3.8) is 0 Å². The van der Waals surface area contributed by atoms with Crippen molar-refractivity contribution < 1.29 is 18.7 Å². The average Bonchev–Trinajstić information content (AvgIpc) is 2.61. The van der Waals surface area contributed by atoms with Crippen LogP contribution in [-0.4, -0.2) is 22.0 Å². The Kier molecular flexibility index (Phi) is 2.61. The minimum Gasteiger partial charge on any atom is -0.477 e. The summed E-state index contributed by atoms with van der Waals surface area (Å²) in [5.74, 6) is -6.16. The lowest BCUT2D eigenvalue weighted by Gasteiger charge is -2.16. The number of carboxylic acids is 1. The molecule has 1 aliphatic rings. The number of rotatable bonds is 3. The summed E-state index contributed by atoms with van der Waals surface area (Å²) in [5.41, 5.74) is 1.58. The van der Waals surface area contributed by atoms with Gasteiger partial charge in [0.05, 0.1) is 0 Å². The molecule has 0 saturated heterocycles. The number of carboxylic acid groups (broad SMARTS) is 1. The van der Waals surface area contributed by atoms with Gasteiger partial charge in [0.2, 0.25) is 0 Å². The number of carbonyl (C=O) groups is 1. The second kappa shape index (κ2) is 3.81. The third-order valence-corrected chi connectivity index (χ3v) is 2.89. The number of fused-ring (bicyclic) bond motifs is 1. The van der Waals surface area contributed by atoms with Gasteiger partial charge in [-0.25, -0.2) is 4.79 Å². The van der Waals surface area contributed by atoms with Crippen LogP contribution >= 0.6 is 0 Å². The zero-order chi connectivity index (χ0) is 11.8. The summed E-state index contributed by atoms with van der Waals surface area (Å²) in [6, 6.07) is 3.61. The first-order valence-electron chi connectivity index (χ1n) is 5.06. The quantitative estimate of drug-likeness (QED) is 0.861. The third-order valence-electron chi connectivity index (χ3n) is 2.89.